The maximum absolute atomic E-state index is 13.2. The van der Waals surface area contributed by atoms with Crippen LogP contribution in [0.15, 0.2) is 41.3 Å². The number of hydrogen-bond acceptors (Lipinski definition) is 5. The van der Waals surface area contributed by atoms with Crippen LogP contribution in [0.4, 0.5) is 0 Å². The second-order valence-electron chi connectivity index (χ2n) is 5.80. The zero-order valence-corrected chi connectivity index (χ0v) is 14.8. The number of nitrogens with one attached hydrogen (secondary N) is 1. The lowest BCUT2D eigenvalue weighted by Crippen LogP contribution is -2.35. The van der Waals surface area contributed by atoms with E-state index >= 15 is 0 Å². The predicted molar refractivity (Wildman–Crippen MR) is 92.4 cm³/mol. The van der Waals surface area contributed by atoms with Gasteiger partial charge in [-0.1, -0.05) is 18.2 Å². The van der Waals surface area contributed by atoms with Crippen LogP contribution in [0.2, 0.25) is 0 Å². The van der Waals surface area contributed by atoms with Crippen LogP contribution in [0, 0.1) is 6.92 Å². The zero-order valence-electron chi connectivity index (χ0n) is 14.0. The van der Waals surface area contributed by atoms with Gasteiger partial charge in [-0.15, -0.1) is 0 Å². The van der Waals surface area contributed by atoms with E-state index in [1.807, 2.05) is 25.1 Å². The van der Waals surface area contributed by atoms with E-state index in [2.05, 4.69) is 5.32 Å². The minimum atomic E-state index is -3.56. The monoisotopic (exact) mass is 347 g/mol. The van der Waals surface area contributed by atoms with Crippen molar-refractivity contribution in [2.45, 2.75) is 23.6 Å². The standard InChI is InChI=1S/C18H21NO4S/c1-12-6-4-5-7-17(12)24(20,21)18-14-11-16(23-3)15(22-2)10-13(14)8-9-19-18/h4-7,10-11,18-19H,8-9H2,1-3H3. The highest BCUT2D eigenvalue weighted by atomic mass is 32.2. The van der Waals surface area contributed by atoms with Gasteiger partial charge < -0.3 is 9.47 Å². The summed E-state index contributed by atoms with van der Waals surface area (Å²) in [6.07, 6.45) is 0.746. The van der Waals surface area contributed by atoms with Gasteiger partial charge in [0, 0.05) is 6.54 Å². The average molecular weight is 347 g/mol. The van der Waals surface area contributed by atoms with E-state index in [0.717, 1.165) is 23.1 Å². The normalized spacial score (nSPS) is 17.2. The van der Waals surface area contributed by atoms with Crippen molar-refractivity contribution in [3.05, 3.63) is 53.1 Å². The molecule has 0 radical (unpaired) electrons. The van der Waals surface area contributed by atoms with E-state index < -0.39 is 15.2 Å². The van der Waals surface area contributed by atoms with Gasteiger partial charge in [0.05, 0.1) is 19.1 Å². The third kappa shape index (κ3) is 2.76. The molecule has 2 aromatic rings. The number of hydrogen-bond donors (Lipinski definition) is 1. The molecule has 0 bridgehead atoms. The predicted octanol–water partition coefficient (Wildman–Crippen LogP) is 2.63. The summed E-state index contributed by atoms with van der Waals surface area (Å²) in [5.41, 5.74) is 2.43. The van der Waals surface area contributed by atoms with Crippen molar-refractivity contribution in [3.8, 4) is 11.5 Å². The number of aryl methyl sites for hydroxylation is 1. The highest BCUT2D eigenvalue weighted by Crippen LogP contribution is 2.39. The topological polar surface area (TPSA) is 64.6 Å². The Morgan fingerprint density at radius 2 is 1.75 bits per heavy atom. The summed E-state index contributed by atoms with van der Waals surface area (Å²) < 4.78 is 37.1. The van der Waals surface area contributed by atoms with Gasteiger partial charge in [-0.2, -0.15) is 0 Å². The lowest BCUT2D eigenvalue weighted by molar-refractivity contribution is 0.353. The molecule has 1 unspecified atom stereocenters. The summed E-state index contributed by atoms with van der Waals surface area (Å²) in [6, 6.07) is 10.7. The van der Waals surface area contributed by atoms with Crippen molar-refractivity contribution >= 4 is 9.84 Å². The van der Waals surface area contributed by atoms with Gasteiger partial charge in [0.1, 0.15) is 5.37 Å². The molecule has 128 valence electrons. The second-order valence-corrected chi connectivity index (χ2v) is 7.80. The van der Waals surface area contributed by atoms with E-state index in [0.29, 0.717) is 22.9 Å². The van der Waals surface area contributed by atoms with E-state index in [1.165, 1.54) is 0 Å². The molecular formula is C18H21NO4S. The van der Waals surface area contributed by atoms with Crippen LogP contribution in [0.1, 0.15) is 22.1 Å². The number of rotatable bonds is 4. The lowest BCUT2D eigenvalue weighted by atomic mass is 10.00. The summed E-state index contributed by atoms with van der Waals surface area (Å²) in [5.74, 6) is 1.15. The van der Waals surface area contributed by atoms with Crippen molar-refractivity contribution in [1.29, 1.82) is 0 Å². The van der Waals surface area contributed by atoms with Gasteiger partial charge in [0.2, 0.25) is 0 Å². The van der Waals surface area contributed by atoms with Crippen LogP contribution in [0.3, 0.4) is 0 Å². The molecule has 0 saturated heterocycles. The Balaban J connectivity index is 2.14. The maximum Gasteiger partial charge on any atom is 0.198 e. The molecule has 1 aliphatic rings. The summed E-state index contributed by atoms with van der Waals surface area (Å²) in [5, 5.41) is 2.36. The third-order valence-electron chi connectivity index (χ3n) is 4.36. The quantitative estimate of drug-likeness (QED) is 0.921. The van der Waals surface area contributed by atoms with Gasteiger partial charge in [-0.25, -0.2) is 8.42 Å². The number of methoxy groups -OCH3 is 2. The van der Waals surface area contributed by atoms with Crippen molar-refractivity contribution in [2.75, 3.05) is 20.8 Å². The molecule has 24 heavy (non-hydrogen) atoms. The number of sulfone groups is 1. The highest BCUT2D eigenvalue weighted by molar-refractivity contribution is 7.91. The lowest BCUT2D eigenvalue weighted by Gasteiger charge is -2.28. The van der Waals surface area contributed by atoms with Crippen molar-refractivity contribution in [1.82, 2.24) is 5.32 Å². The van der Waals surface area contributed by atoms with Crippen LogP contribution in [0.25, 0.3) is 0 Å². The molecule has 1 aliphatic heterocycles. The smallest absolute Gasteiger partial charge is 0.198 e. The molecule has 0 aromatic heterocycles. The molecule has 0 amide bonds. The van der Waals surface area contributed by atoms with Crippen molar-refractivity contribution < 1.29 is 17.9 Å². The highest BCUT2D eigenvalue weighted by Gasteiger charge is 2.34. The van der Waals surface area contributed by atoms with Gasteiger partial charge in [-0.3, -0.25) is 5.32 Å². The Morgan fingerprint density at radius 1 is 1.08 bits per heavy atom. The molecule has 0 fully saturated rings. The summed E-state index contributed by atoms with van der Waals surface area (Å²) >= 11 is 0. The fourth-order valence-corrected chi connectivity index (χ4v) is 5.05. The Kier molecular flexibility index (Phi) is 4.51. The number of benzene rings is 2. The van der Waals surface area contributed by atoms with Gasteiger partial charge in [-0.05, 0) is 48.2 Å². The van der Waals surface area contributed by atoms with E-state index in [1.54, 1.807) is 32.4 Å². The van der Waals surface area contributed by atoms with Crippen LogP contribution in [-0.2, 0) is 16.3 Å². The fourth-order valence-electron chi connectivity index (χ4n) is 3.12. The van der Waals surface area contributed by atoms with E-state index in [9.17, 15) is 8.42 Å². The summed E-state index contributed by atoms with van der Waals surface area (Å²) in [6.45, 7) is 2.41. The summed E-state index contributed by atoms with van der Waals surface area (Å²) in [7, 11) is -0.435. The first-order valence-corrected chi connectivity index (χ1v) is 9.31. The minimum absolute atomic E-state index is 0.352. The first-order chi connectivity index (χ1) is 11.5. The molecule has 2 aromatic carbocycles. The van der Waals surface area contributed by atoms with E-state index in [-0.39, 0.29) is 0 Å². The van der Waals surface area contributed by atoms with E-state index in [4.69, 9.17) is 9.47 Å². The average Bonchev–Trinajstić information content (AvgIpc) is 2.60. The first-order valence-electron chi connectivity index (χ1n) is 7.76. The molecule has 5 nitrogen and oxygen atoms in total. The Labute approximate surface area is 142 Å². The summed E-state index contributed by atoms with van der Waals surface area (Å²) in [4.78, 5) is 0.352. The molecule has 0 spiro atoms. The number of fused-ring (bicyclic) bond motifs is 1. The van der Waals surface area contributed by atoms with Crippen molar-refractivity contribution in [2.24, 2.45) is 0 Å². The fraction of sp³-hybridized carbons (Fsp3) is 0.333. The molecule has 1 heterocycles. The molecule has 0 saturated carbocycles. The van der Waals surface area contributed by atoms with Gasteiger partial charge in [0.25, 0.3) is 0 Å². The Bertz CT molecular complexity index is 861. The van der Waals surface area contributed by atoms with Crippen LogP contribution < -0.4 is 14.8 Å². The molecule has 0 aliphatic carbocycles. The molecule has 6 heteroatoms. The minimum Gasteiger partial charge on any atom is -0.493 e. The number of ether oxygens (including phenoxy) is 2. The SMILES string of the molecule is COc1cc2c(cc1OC)C(S(=O)(=O)c1ccccc1C)NCC2. The largest absolute Gasteiger partial charge is 0.493 e. The molecule has 1 N–H and O–H groups in total. The van der Waals surface area contributed by atoms with Crippen LogP contribution >= 0.6 is 0 Å². The van der Waals surface area contributed by atoms with Crippen LogP contribution in [-0.4, -0.2) is 29.2 Å². The van der Waals surface area contributed by atoms with Gasteiger partial charge in [0.15, 0.2) is 21.3 Å². The second kappa shape index (κ2) is 6.45. The Morgan fingerprint density at radius 3 is 2.42 bits per heavy atom. The van der Waals surface area contributed by atoms with Gasteiger partial charge >= 0.3 is 0 Å². The zero-order chi connectivity index (χ0) is 17.3. The Hall–Kier alpha value is -2.05. The molecular weight excluding hydrogens is 326 g/mol. The third-order valence-corrected chi connectivity index (χ3v) is 6.47. The van der Waals surface area contributed by atoms with Crippen LogP contribution in [0.5, 0.6) is 11.5 Å². The maximum atomic E-state index is 13.2. The molecule has 3 rings (SSSR count). The first kappa shape index (κ1) is 16.8. The van der Waals surface area contributed by atoms with Crippen molar-refractivity contribution in [3.63, 3.8) is 0 Å². The molecule has 1 atom stereocenters.